The van der Waals surface area contributed by atoms with Crippen LogP contribution in [-0.2, 0) is 6.42 Å². The van der Waals surface area contributed by atoms with E-state index in [1.807, 2.05) is 11.8 Å². The molecule has 1 rings (SSSR count). The molecule has 0 radical (unpaired) electrons. The standard InChI is InChI=1S/C12H20N2S/c1-2-15-12-5-3-11(4-6-12)7-9-14-10-8-13/h3-6,14H,2,7-10,13H2,1H3. The smallest absolute Gasteiger partial charge is 0.00746 e. The molecule has 3 N–H and O–H groups in total. The van der Waals surface area contributed by atoms with E-state index in [1.165, 1.54) is 10.5 Å². The Bertz CT molecular complexity index is 259. The van der Waals surface area contributed by atoms with Crippen LogP contribution in [0.5, 0.6) is 0 Å². The summed E-state index contributed by atoms with van der Waals surface area (Å²) in [7, 11) is 0. The zero-order valence-corrected chi connectivity index (χ0v) is 10.1. The normalized spacial score (nSPS) is 10.5. The summed E-state index contributed by atoms with van der Waals surface area (Å²) in [4.78, 5) is 1.36. The fourth-order valence-electron chi connectivity index (χ4n) is 1.38. The lowest BCUT2D eigenvalue weighted by Gasteiger charge is -2.04. The number of thioether (sulfide) groups is 1. The van der Waals surface area contributed by atoms with Crippen LogP contribution >= 0.6 is 11.8 Å². The molecule has 0 atom stereocenters. The predicted molar refractivity (Wildman–Crippen MR) is 68.5 cm³/mol. The average molecular weight is 224 g/mol. The van der Waals surface area contributed by atoms with Crippen molar-refractivity contribution in [1.82, 2.24) is 5.32 Å². The fraction of sp³-hybridized carbons (Fsp3) is 0.500. The van der Waals surface area contributed by atoms with Crippen LogP contribution in [0.15, 0.2) is 29.2 Å². The molecule has 0 saturated heterocycles. The van der Waals surface area contributed by atoms with Crippen molar-refractivity contribution in [3.8, 4) is 0 Å². The molecule has 0 aliphatic heterocycles. The summed E-state index contributed by atoms with van der Waals surface area (Å²) >= 11 is 1.88. The van der Waals surface area contributed by atoms with E-state index in [0.717, 1.165) is 25.3 Å². The Morgan fingerprint density at radius 3 is 2.53 bits per heavy atom. The lowest BCUT2D eigenvalue weighted by atomic mass is 10.1. The van der Waals surface area contributed by atoms with E-state index in [0.29, 0.717) is 6.54 Å². The molecule has 0 amide bonds. The monoisotopic (exact) mass is 224 g/mol. The highest BCUT2D eigenvalue weighted by atomic mass is 32.2. The molecule has 0 aromatic heterocycles. The maximum atomic E-state index is 5.40. The quantitative estimate of drug-likeness (QED) is 0.549. The third-order valence-corrected chi connectivity index (χ3v) is 3.04. The number of hydrogen-bond acceptors (Lipinski definition) is 3. The first kappa shape index (κ1) is 12.6. The van der Waals surface area contributed by atoms with Crippen molar-refractivity contribution in [2.45, 2.75) is 18.2 Å². The maximum Gasteiger partial charge on any atom is 0.00746 e. The van der Waals surface area contributed by atoms with Crippen LogP contribution < -0.4 is 11.1 Å². The number of rotatable bonds is 7. The van der Waals surface area contributed by atoms with Gasteiger partial charge in [-0.3, -0.25) is 0 Å². The molecule has 1 aromatic carbocycles. The number of benzene rings is 1. The number of hydrogen-bond donors (Lipinski definition) is 2. The van der Waals surface area contributed by atoms with Gasteiger partial charge in [-0.2, -0.15) is 0 Å². The third-order valence-electron chi connectivity index (χ3n) is 2.15. The largest absolute Gasteiger partial charge is 0.329 e. The Labute approximate surface area is 96.6 Å². The molecular weight excluding hydrogens is 204 g/mol. The van der Waals surface area contributed by atoms with E-state index >= 15 is 0 Å². The first-order valence-corrected chi connectivity index (χ1v) is 6.48. The second kappa shape index (κ2) is 7.74. The second-order valence-corrected chi connectivity index (χ2v) is 4.70. The molecule has 0 spiro atoms. The van der Waals surface area contributed by atoms with Gasteiger partial charge in [0.2, 0.25) is 0 Å². The lowest BCUT2D eigenvalue weighted by Crippen LogP contribution is -2.24. The van der Waals surface area contributed by atoms with Gasteiger partial charge < -0.3 is 11.1 Å². The van der Waals surface area contributed by atoms with Crippen molar-refractivity contribution in [1.29, 1.82) is 0 Å². The van der Waals surface area contributed by atoms with Crippen LogP contribution in [0, 0.1) is 0 Å². The van der Waals surface area contributed by atoms with Gasteiger partial charge in [0.05, 0.1) is 0 Å². The van der Waals surface area contributed by atoms with Crippen molar-refractivity contribution in [3.63, 3.8) is 0 Å². The number of nitrogens with one attached hydrogen (secondary N) is 1. The molecule has 1 aromatic rings. The zero-order chi connectivity index (χ0) is 10.9. The minimum atomic E-state index is 0.714. The Hall–Kier alpha value is -0.510. The van der Waals surface area contributed by atoms with Gasteiger partial charge >= 0.3 is 0 Å². The van der Waals surface area contributed by atoms with Crippen molar-refractivity contribution >= 4 is 11.8 Å². The topological polar surface area (TPSA) is 38.0 Å². The minimum absolute atomic E-state index is 0.714. The van der Waals surface area contributed by atoms with Crippen molar-refractivity contribution < 1.29 is 0 Å². The van der Waals surface area contributed by atoms with Crippen LogP contribution in [0.25, 0.3) is 0 Å². The van der Waals surface area contributed by atoms with Crippen LogP contribution in [-0.4, -0.2) is 25.4 Å². The summed E-state index contributed by atoms with van der Waals surface area (Å²) in [6.07, 6.45) is 1.08. The first-order valence-electron chi connectivity index (χ1n) is 5.49. The maximum absolute atomic E-state index is 5.40. The number of nitrogens with two attached hydrogens (primary N) is 1. The molecule has 0 saturated carbocycles. The Morgan fingerprint density at radius 1 is 1.20 bits per heavy atom. The van der Waals surface area contributed by atoms with Gasteiger partial charge in [-0.1, -0.05) is 19.1 Å². The first-order chi connectivity index (χ1) is 7.36. The molecular formula is C12H20N2S. The summed E-state index contributed by atoms with van der Waals surface area (Å²) in [6.45, 7) is 4.81. The summed E-state index contributed by atoms with van der Waals surface area (Å²) in [5.41, 5.74) is 6.78. The summed E-state index contributed by atoms with van der Waals surface area (Å²) < 4.78 is 0. The van der Waals surface area contributed by atoms with Crippen molar-refractivity contribution in [2.24, 2.45) is 5.73 Å². The summed E-state index contributed by atoms with van der Waals surface area (Å²) in [6, 6.07) is 8.82. The van der Waals surface area contributed by atoms with Gasteiger partial charge in [0.1, 0.15) is 0 Å². The van der Waals surface area contributed by atoms with Gasteiger partial charge in [0.25, 0.3) is 0 Å². The second-order valence-electron chi connectivity index (χ2n) is 3.37. The molecule has 0 heterocycles. The van der Waals surface area contributed by atoms with Crippen molar-refractivity contribution in [3.05, 3.63) is 29.8 Å². The molecule has 3 heteroatoms. The van der Waals surface area contributed by atoms with Gasteiger partial charge in [-0.05, 0) is 36.4 Å². The molecule has 15 heavy (non-hydrogen) atoms. The molecule has 0 fully saturated rings. The zero-order valence-electron chi connectivity index (χ0n) is 9.33. The highest BCUT2D eigenvalue weighted by Gasteiger charge is 1.94. The SMILES string of the molecule is CCSc1ccc(CCNCCN)cc1. The molecule has 0 aliphatic rings. The van der Waals surface area contributed by atoms with E-state index < -0.39 is 0 Å². The molecule has 0 unspecified atom stereocenters. The fourth-order valence-corrected chi connectivity index (χ4v) is 2.04. The minimum Gasteiger partial charge on any atom is -0.329 e. The third kappa shape index (κ3) is 5.21. The van der Waals surface area contributed by atoms with Crippen molar-refractivity contribution in [2.75, 3.05) is 25.4 Å². The van der Waals surface area contributed by atoms with E-state index in [2.05, 4.69) is 36.5 Å². The van der Waals surface area contributed by atoms with E-state index in [1.54, 1.807) is 0 Å². The van der Waals surface area contributed by atoms with Crippen LogP contribution in [0.1, 0.15) is 12.5 Å². The summed E-state index contributed by atoms with van der Waals surface area (Å²) in [5.74, 6) is 1.14. The molecule has 2 nitrogen and oxygen atoms in total. The highest BCUT2D eigenvalue weighted by Crippen LogP contribution is 2.17. The lowest BCUT2D eigenvalue weighted by molar-refractivity contribution is 0.689. The predicted octanol–water partition coefficient (Wildman–Crippen LogP) is 1.89. The van der Waals surface area contributed by atoms with E-state index in [4.69, 9.17) is 5.73 Å². The van der Waals surface area contributed by atoms with Crippen LogP contribution in [0.4, 0.5) is 0 Å². The van der Waals surface area contributed by atoms with Crippen LogP contribution in [0.2, 0.25) is 0 Å². The molecule has 0 aliphatic carbocycles. The Kier molecular flexibility index (Phi) is 6.48. The highest BCUT2D eigenvalue weighted by molar-refractivity contribution is 7.99. The summed E-state index contributed by atoms with van der Waals surface area (Å²) in [5, 5.41) is 3.29. The molecule has 0 bridgehead atoms. The Balaban J connectivity index is 2.29. The van der Waals surface area contributed by atoms with Gasteiger partial charge in [-0.15, -0.1) is 11.8 Å². The van der Waals surface area contributed by atoms with Gasteiger partial charge in [-0.25, -0.2) is 0 Å². The average Bonchev–Trinajstić information content (AvgIpc) is 2.27. The Morgan fingerprint density at radius 2 is 1.93 bits per heavy atom. The van der Waals surface area contributed by atoms with Gasteiger partial charge in [0.15, 0.2) is 0 Å². The van der Waals surface area contributed by atoms with E-state index in [-0.39, 0.29) is 0 Å². The molecule has 84 valence electrons. The van der Waals surface area contributed by atoms with Gasteiger partial charge in [0, 0.05) is 18.0 Å². The van der Waals surface area contributed by atoms with E-state index in [9.17, 15) is 0 Å². The van der Waals surface area contributed by atoms with Crippen LogP contribution in [0.3, 0.4) is 0 Å².